The van der Waals surface area contributed by atoms with Crippen LogP contribution in [0.25, 0.3) is 16.9 Å². The summed E-state index contributed by atoms with van der Waals surface area (Å²) in [5.74, 6) is 0.378. The van der Waals surface area contributed by atoms with Gasteiger partial charge < -0.3 is 4.74 Å². The Labute approximate surface area is 152 Å². The van der Waals surface area contributed by atoms with E-state index < -0.39 is 0 Å². The second-order valence-corrected chi connectivity index (χ2v) is 5.76. The number of hydrogen-bond acceptors (Lipinski definition) is 4. The lowest BCUT2D eigenvalue weighted by Crippen LogP contribution is -2.26. The molecule has 1 aromatic heterocycles. The first kappa shape index (κ1) is 17.7. The maximum Gasteiger partial charge on any atom is 0.293 e. The van der Waals surface area contributed by atoms with Gasteiger partial charge in [-0.25, -0.2) is 10.2 Å². The molecule has 0 fully saturated rings. The molecular formula is C20H21N3O3. The third-order valence-electron chi connectivity index (χ3n) is 3.86. The van der Waals surface area contributed by atoms with E-state index in [1.165, 1.54) is 0 Å². The van der Waals surface area contributed by atoms with Crippen LogP contribution in [0.4, 0.5) is 0 Å². The van der Waals surface area contributed by atoms with E-state index in [9.17, 15) is 4.79 Å². The number of benzene rings is 2. The molecule has 2 aromatic carbocycles. The molecule has 0 saturated heterocycles. The van der Waals surface area contributed by atoms with E-state index in [0.29, 0.717) is 18.0 Å². The molecule has 0 radical (unpaired) electrons. The minimum Gasteiger partial charge on any atom is -0.497 e. The molecule has 0 saturated carbocycles. The highest BCUT2D eigenvalue weighted by atomic mass is 16.6. The third kappa shape index (κ3) is 3.75. The summed E-state index contributed by atoms with van der Waals surface area (Å²) in [4.78, 5) is 17.6. The molecule has 134 valence electrons. The van der Waals surface area contributed by atoms with Gasteiger partial charge in [0.25, 0.3) is 5.91 Å². The Hall–Kier alpha value is -3.12. The van der Waals surface area contributed by atoms with E-state index in [0.717, 1.165) is 22.6 Å². The minimum atomic E-state index is -0.352. The van der Waals surface area contributed by atoms with Crippen LogP contribution >= 0.6 is 0 Å². The lowest BCUT2D eigenvalue weighted by molar-refractivity contribution is 0.0357. The van der Waals surface area contributed by atoms with Gasteiger partial charge in [-0.15, -0.1) is 0 Å². The summed E-state index contributed by atoms with van der Waals surface area (Å²) in [5.41, 5.74) is 6.25. The van der Waals surface area contributed by atoms with Gasteiger partial charge >= 0.3 is 0 Å². The predicted molar refractivity (Wildman–Crippen MR) is 99.4 cm³/mol. The second kappa shape index (κ2) is 7.84. The van der Waals surface area contributed by atoms with Gasteiger partial charge in [-0.3, -0.25) is 9.63 Å². The van der Waals surface area contributed by atoms with Crippen LogP contribution < -0.4 is 10.2 Å². The van der Waals surface area contributed by atoms with E-state index in [2.05, 4.69) is 10.6 Å². The average molecular weight is 351 g/mol. The summed E-state index contributed by atoms with van der Waals surface area (Å²) in [6.45, 7) is 4.18. The first-order chi connectivity index (χ1) is 12.6. The van der Waals surface area contributed by atoms with E-state index in [1.54, 1.807) is 24.8 Å². The van der Waals surface area contributed by atoms with Crippen molar-refractivity contribution in [3.8, 4) is 22.7 Å². The third-order valence-corrected chi connectivity index (χ3v) is 3.86. The summed E-state index contributed by atoms with van der Waals surface area (Å²) in [7, 11) is 1.62. The molecule has 1 N–H and O–H groups in total. The summed E-state index contributed by atoms with van der Waals surface area (Å²) < 4.78 is 6.90. The predicted octanol–water partition coefficient (Wildman–Crippen LogP) is 3.54. The molecule has 3 aromatic rings. The van der Waals surface area contributed by atoms with Gasteiger partial charge in [0.2, 0.25) is 0 Å². The quantitative estimate of drug-likeness (QED) is 0.690. The van der Waals surface area contributed by atoms with Gasteiger partial charge in [-0.05, 0) is 49.7 Å². The van der Waals surface area contributed by atoms with Gasteiger partial charge in [0.15, 0.2) is 0 Å². The Bertz CT molecular complexity index is 918. The Balaban J connectivity index is 2.09. The van der Waals surface area contributed by atoms with Gasteiger partial charge in [0, 0.05) is 5.56 Å². The molecule has 0 unspecified atom stereocenters. The number of rotatable bonds is 6. The number of aryl methyl sites for hydroxylation is 1. The van der Waals surface area contributed by atoms with Crippen LogP contribution in [0.3, 0.4) is 0 Å². The Morgan fingerprint density at radius 3 is 2.69 bits per heavy atom. The van der Waals surface area contributed by atoms with Gasteiger partial charge in [-0.2, -0.15) is 5.10 Å². The minimum absolute atomic E-state index is 0.352. The second-order valence-electron chi connectivity index (χ2n) is 5.76. The number of nitrogens with one attached hydrogen (secondary N) is 1. The fourth-order valence-electron chi connectivity index (χ4n) is 2.61. The van der Waals surface area contributed by atoms with Crippen LogP contribution in [0.2, 0.25) is 0 Å². The van der Waals surface area contributed by atoms with Crippen LogP contribution in [-0.4, -0.2) is 29.4 Å². The van der Waals surface area contributed by atoms with Crippen LogP contribution in [0.1, 0.15) is 23.0 Å². The fourth-order valence-corrected chi connectivity index (χ4v) is 2.61. The van der Waals surface area contributed by atoms with Crippen molar-refractivity contribution >= 4 is 5.91 Å². The molecular weight excluding hydrogens is 330 g/mol. The van der Waals surface area contributed by atoms with Crippen molar-refractivity contribution in [2.24, 2.45) is 0 Å². The number of hydrogen-bond donors (Lipinski definition) is 1. The van der Waals surface area contributed by atoms with E-state index >= 15 is 0 Å². The lowest BCUT2D eigenvalue weighted by Gasteiger charge is -2.08. The van der Waals surface area contributed by atoms with Crippen LogP contribution in [0.15, 0.2) is 54.6 Å². The largest absolute Gasteiger partial charge is 0.497 e. The van der Waals surface area contributed by atoms with Crippen molar-refractivity contribution < 1.29 is 14.4 Å². The Morgan fingerprint density at radius 1 is 1.15 bits per heavy atom. The number of ether oxygens (including phenoxy) is 1. The van der Waals surface area contributed by atoms with Gasteiger partial charge in [0.1, 0.15) is 11.4 Å². The van der Waals surface area contributed by atoms with Crippen molar-refractivity contribution in [3.63, 3.8) is 0 Å². The average Bonchev–Trinajstić information content (AvgIpc) is 3.12. The monoisotopic (exact) mass is 351 g/mol. The Morgan fingerprint density at radius 2 is 1.96 bits per heavy atom. The number of carbonyl (C=O) groups is 1. The fraction of sp³-hybridized carbons (Fsp3) is 0.200. The van der Waals surface area contributed by atoms with Crippen molar-refractivity contribution in [1.29, 1.82) is 0 Å². The molecule has 26 heavy (non-hydrogen) atoms. The summed E-state index contributed by atoms with van der Waals surface area (Å²) in [6, 6.07) is 17.1. The van der Waals surface area contributed by atoms with Crippen molar-refractivity contribution in [2.45, 2.75) is 13.8 Å². The standard InChI is InChI=1S/C20H21N3O3/c1-4-26-22-20(24)19-13-18(15-8-6-10-17(12-15)25-3)21-23(19)16-9-5-7-14(2)11-16/h5-13H,4H2,1-3H3,(H,22,24). The zero-order valence-electron chi connectivity index (χ0n) is 15.0. The maximum atomic E-state index is 12.5. The highest BCUT2D eigenvalue weighted by molar-refractivity contribution is 5.93. The highest BCUT2D eigenvalue weighted by Crippen LogP contribution is 2.25. The molecule has 6 nitrogen and oxygen atoms in total. The SMILES string of the molecule is CCONC(=O)c1cc(-c2cccc(OC)c2)nn1-c1cccc(C)c1. The summed E-state index contributed by atoms with van der Waals surface area (Å²) in [6.07, 6.45) is 0. The van der Waals surface area contributed by atoms with E-state index in [-0.39, 0.29) is 5.91 Å². The zero-order valence-corrected chi connectivity index (χ0v) is 15.0. The molecule has 0 aliphatic heterocycles. The molecule has 0 aliphatic carbocycles. The first-order valence-electron chi connectivity index (χ1n) is 8.36. The number of nitrogens with zero attached hydrogens (tertiary/aromatic N) is 2. The molecule has 3 rings (SSSR count). The van der Waals surface area contributed by atoms with Crippen molar-refractivity contribution in [1.82, 2.24) is 15.3 Å². The van der Waals surface area contributed by atoms with Crippen LogP contribution in [0, 0.1) is 6.92 Å². The first-order valence-corrected chi connectivity index (χ1v) is 8.36. The normalized spacial score (nSPS) is 10.6. The van der Waals surface area contributed by atoms with Crippen LogP contribution in [-0.2, 0) is 4.84 Å². The number of hydroxylamine groups is 1. The molecule has 0 spiro atoms. The smallest absolute Gasteiger partial charge is 0.293 e. The number of methoxy groups -OCH3 is 1. The van der Waals surface area contributed by atoms with Crippen molar-refractivity contribution in [3.05, 3.63) is 65.9 Å². The molecule has 1 heterocycles. The molecule has 0 aliphatic rings. The van der Waals surface area contributed by atoms with Crippen LogP contribution in [0.5, 0.6) is 5.75 Å². The Kier molecular flexibility index (Phi) is 5.34. The van der Waals surface area contributed by atoms with Crippen molar-refractivity contribution in [2.75, 3.05) is 13.7 Å². The topological polar surface area (TPSA) is 65.4 Å². The summed E-state index contributed by atoms with van der Waals surface area (Å²) in [5, 5.41) is 4.64. The molecule has 0 atom stereocenters. The molecule has 1 amide bonds. The number of amides is 1. The summed E-state index contributed by atoms with van der Waals surface area (Å²) >= 11 is 0. The number of aromatic nitrogens is 2. The lowest BCUT2D eigenvalue weighted by atomic mass is 10.1. The highest BCUT2D eigenvalue weighted by Gasteiger charge is 2.18. The number of carbonyl (C=O) groups excluding carboxylic acids is 1. The molecule has 0 bridgehead atoms. The van der Waals surface area contributed by atoms with Gasteiger partial charge in [0.05, 0.1) is 25.1 Å². The maximum absolute atomic E-state index is 12.5. The van der Waals surface area contributed by atoms with Gasteiger partial charge in [-0.1, -0.05) is 24.3 Å². The zero-order chi connectivity index (χ0) is 18.5. The van der Waals surface area contributed by atoms with E-state index in [4.69, 9.17) is 9.57 Å². The van der Waals surface area contributed by atoms with E-state index in [1.807, 2.05) is 55.5 Å². The molecule has 6 heteroatoms.